The monoisotopic (exact) mass is 539 g/mol. The minimum Gasteiger partial charge on any atom is -0.444 e. The highest BCUT2D eigenvalue weighted by atomic mass is 32.2. The molecule has 13 heteroatoms. The molecule has 0 aromatic carbocycles. The van der Waals surface area contributed by atoms with E-state index in [1.807, 2.05) is 18.0 Å². The summed E-state index contributed by atoms with van der Waals surface area (Å²) in [6, 6.07) is 0.655. The van der Waals surface area contributed by atoms with Crippen LogP contribution in [0.25, 0.3) is 11.0 Å². The highest BCUT2D eigenvalue weighted by Gasteiger charge is 2.38. The Morgan fingerprint density at radius 1 is 1.24 bits per heavy atom. The molecule has 0 spiro atoms. The van der Waals surface area contributed by atoms with Gasteiger partial charge in [0.25, 0.3) is 15.7 Å². The topological polar surface area (TPSA) is 125 Å². The van der Waals surface area contributed by atoms with Crippen LogP contribution in [0.5, 0.6) is 0 Å². The van der Waals surface area contributed by atoms with Crippen LogP contribution in [0.4, 0.5) is 10.5 Å². The van der Waals surface area contributed by atoms with Crippen molar-refractivity contribution in [1.29, 1.82) is 0 Å². The van der Waals surface area contributed by atoms with E-state index in [0.717, 1.165) is 25.5 Å². The average molecular weight is 540 g/mol. The van der Waals surface area contributed by atoms with Gasteiger partial charge in [0.2, 0.25) is 0 Å². The van der Waals surface area contributed by atoms with E-state index in [1.54, 1.807) is 37.4 Å². The number of amides is 1. The fraction of sp³-hybridized carbons (Fsp3) is 0.708. The molecule has 0 saturated carbocycles. The van der Waals surface area contributed by atoms with Crippen LogP contribution in [0.3, 0.4) is 0 Å². The number of piperazine rings is 1. The predicted molar refractivity (Wildman–Crippen MR) is 138 cm³/mol. The molecular weight excluding hydrogens is 502 g/mol. The number of anilines is 1. The average Bonchev–Trinajstić information content (AvgIpc) is 3.25. The summed E-state index contributed by atoms with van der Waals surface area (Å²) < 4.78 is 43.6. The Kier molecular flexibility index (Phi) is 7.59. The highest BCUT2D eigenvalue weighted by Crippen LogP contribution is 2.32. The largest absolute Gasteiger partial charge is 0.444 e. The summed E-state index contributed by atoms with van der Waals surface area (Å²) in [5.74, 6) is 0. The van der Waals surface area contributed by atoms with Gasteiger partial charge in [0.15, 0.2) is 0 Å². The molecule has 2 aromatic rings. The number of aryl methyl sites for hydroxylation is 1. The van der Waals surface area contributed by atoms with Gasteiger partial charge in [-0.1, -0.05) is 0 Å². The maximum Gasteiger partial charge on any atom is 0.410 e. The van der Waals surface area contributed by atoms with Crippen molar-refractivity contribution in [1.82, 2.24) is 19.2 Å². The molecule has 4 rings (SSSR count). The molecule has 2 aliphatic heterocycles. The van der Waals surface area contributed by atoms with Gasteiger partial charge >= 0.3 is 6.09 Å². The van der Waals surface area contributed by atoms with E-state index in [4.69, 9.17) is 18.8 Å². The first-order valence-corrected chi connectivity index (χ1v) is 14.4. The molecule has 206 valence electrons. The van der Waals surface area contributed by atoms with Gasteiger partial charge in [0.05, 0.1) is 36.3 Å². The number of fused-ring (bicyclic) bond motifs is 1. The van der Waals surface area contributed by atoms with Crippen LogP contribution in [0.1, 0.15) is 53.2 Å². The molecule has 0 aliphatic carbocycles. The fourth-order valence-corrected chi connectivity index (χ4v) is 5.17. The number of carbonyl (C=O) groups is 1. The minimum absolute atomic E-state index is 0.148. The summed E-state index contributed by atoms with van der Waals surface area (Å²) in [6.45, 7) is 8.19. The predicted octanol–water partition coefficient (Wildman–Crippen LogP) is 2.22. The van der Waals surface area contributed by atoms with Gasteiger partial charge in [0.1, 0.15) is 17.3 Å². The second-order valence-corrected chi connectivity index (χ2v) is 12.5. The number of hydrogen-bond acceptors (Lipinski definition) is 9. The molecule has 4 heterocycles. The van der Waals surface area contributed by atoms with Crippen molar-refractivity contribution in [2.24, 2.45) is 7.05 Å². The Balaban J connectivity index is 1.74. The zero-order valence-corrected chi connectivity index (χ0v) is 23.2. The Morgan fingerprint density at radius 3 is 2.59 bits per heavy atom. The van der Waals surface area contributed by atoms with Gasteiger partial charge in [0, 0.05) is 38.9 Å². The van der Waals surface area contributed by atoms with Crippen molar-refractivity contribution in [2.45, 2.75) is 70.9 Å². The Bertz CT molecular complexity index is 1310. The number of pyridine rings is 1. The summed E-state index contributed by atoms with van der Waals surface area (Å²) in [5.41, 5.74) is 0.890. The lowest BCUT2D eigenvalue weighted by molar-refractivity contribution is -0.0391. The van der Waals surface area contributed by atoms with Crippen LogP contribution in [0.15, 0.2) is 17.1 Å². The molecule has 37 heavy (non-hydrogen) atoms. The van der Waals surface area contributed by atoms with Crippen LogP contribution >= 0.6 is 0 Å². The zero-order valence-electron chi connectivity index (χ0n) is 22.3. The summed E-state index contributed by atoms with van der Waals surface area (Å²) in [4.78, 5) is 29.4. The third-order valence-corrected chi connectivity index (χ3v) is 7.18. The van der Waals surface area contributed by atoms with Gasteiger partial charge in [-0.2, -0.15) is 13.5 Å². The van der Waals surface area contributed by atoms with Crippen LogP contribution in [0.2, 0.25) is 0 Å². The zero-order chi connectivity index (χ0) is 27.1. The Hall–Kier alpha value is -2.64. The molecule has 0 bridgehead atoms. The van der Waals surface area contributed by atoms with Gasteiger partial charge in [-0.05, 0) is 47.0 Å². The van der Waals surface area contributed by atoms with E-state index < -0.39 is 27.9 Å². The SMILES string of the molecule is C[C@@H]1CN(c2cc(=O)n(C)c3cn(C4CCCCO4)nc23)[C@@H](COS(C)(=O)=O)CN1C(=O)OC(C)(C)C. The molecule has 2 fully saturated rings. The van der Waals surface area contributed by atoms with Crippen LogP contribution in [-0.4, -0.2) is 84.0 Å². The molecule has 2 saturated heterocycles. The quantitative estimate of drug-likeness (QED) is 0.526. The normalized spacial score (nSPS) is 23.5. The molecule has 2 aliphatic rings. The number of ether oxygens (including phenoxy) is 2. The molecular formula is C24H37N5O7S. The summed E-state index contributed by atoms with van der Waals surface area (Å²) in [6.07, 6.45) is 4.96. The maximum absolute atomic E-state index is 13.0. The molecule has 12 nitrogen and oxygen atoms in total. The lowest BCUT2D eigenvalue weighted by Crippen LogP contribution is -2.61. The number of carbonyl (C=O) groups excluding carboxylic acids is 1. The molecule has 3 atom stereocenters. The van der Waals surface area contributed by atoms with E-state index in [0.29, 0.717) is 29.9 Å². The van der Waals surface area contributed by atoms with Crippen LogP contribution < -0.4 is 10.5 Å². The van der Waals surface area contributed by atoms with Crippen LogP contribution in [0, 0.1) is 0 Å². The minimum atomic E-state index is -3.74. The molecule has 1 unspecified atom stereocenters. The molecule has 0 radical (unpaired) electrons. The smallest absolute Gasteiger partial charge is 0.410 e. The van der Waals surface area contributed by atoms with Crippen LogP contribution in [-0.2, 0) is 30.8 Å². The second-order valence-electron chi connectivity index (χ2n) is 10.9. The third kappa shape index (κ3) is 6.27. The standard InChI is InChI=1S/C24H37N5O7S/c1-16-12-28(17(15-35-37(6,32)33)13-27(16)23(31)36-24(2,3)4)18-11-20(30)26(5)19-14-29(25-22(18)19)21-9-7-8-10-34-21/h11,14,16-17,21H,7-10,12-13,15H2,1-6H3/t16-,17-,21?/m1/s1. The van der Waals surface area contributed by atoms with E-state index in [1.165, 1.54) is 10.6 Å². The van der Waals surface area contributed by atoms with Crippen molar-refractivity contribution in [3.63, 3.8) is 0 Å². The lowest BCUT2D eigenvalue weighted by Gasteiger charge is -2.46. The molecule has 1 amide bonds. The number of hydrogen-bond donors (Lipinski definition) is 0. The molecule has 0 N–H and O–H groups in total. The Morgan fingerprint density at radius 2 is 1.97 bits per heavy atom. The third-order valence-electron chi connectivity index (χ3n) is 6.61. The van der Waals surface area contributed by atoms with E-state index in [9.17, 15) is 18.0 Å². The lowest BCUT2D eigenvalue weighted by atomic mass is 10.1. The van der Waals surface area contributed by atoms with Gasteiger partial charge in [-0.15, -0.1) is 0 Å². The fourth-order valence-electron chi connectivity index (χ4n) is 4.76. The first-order valence-electron chi connectivity index (χ1n) is 12.5. The second kappa shape index (κ2) is 10.3. The number of rotatable bonds is 5. The molecule has 2 aromatic heterocycles. The van der Waals surface area contributed by atoms with E-state index in [-0.39, 0.29) is 31.0 Å². The highest BCUT2D eigenvalue weighted by molar-refractivity contribution is 7.85. The van der Waals surface area contributed by atoms with Crippen molar-refractivity contribution in [3.05, 3.63) is 22.6 Å². The summed E-state index contributed by atoms with van der Waals surface area (Å²) in [5, 5.41) is 4.81. The van der Waals surface area contributed by atoms with Crippen molar-refractivity contribution >= 4 is 32.9 Å². The first kappa shape index (κ1) is 27.4. The van der Waals surface area contributed by atoms with Crippen molar-refractivity contribution in [2.75, 3.05) is 37.5 Å². The van der Waals surface area contributed by atoms with Crippen molar-refractivity contribution < 1.29 is 26.9 Å². The summed E-state index contributed by atoms with van der Waals surface area (Å²) >= 11 is 0. The van der Waals surface area contributed by atoms with Gasteiger partial charge < -0.3 is 23.8 Å². The van der Waals surface area contributed by atoms with E-state index >= 15 is 0 Å². The van der Waals surface area contributed by atoms with Crippen molar-refractivity contribution in [3.8, 4) is 0 Å². The summed E-state index contributed by atoms with van der Waals surface area (Å²) in [7, 11) is -2.05. The van der Waals surface area contributed by atoms with Gasteiger partial charge in [-0.3, -0.25) is 8.98 Å². The van der Waals surface area contributed by atoms with E-state index in [2.05, 4.69) is 0 Å². The van der Waals surface area contributed by atoms with Gasteiger partial charge in [-0.25, -0.2) is 9.48 Å². The number of nitrogens with zero attached hydrogens (tertiary/aromatic N) is 5. The number of aromatic nitrogens is 3. The first-order chi connectivity index (χ1) is 17.2. The Labute approximate surface area is 217 Å². The maximum atomic E-state index is 13.0.